The van der Waals surface area contributed by atoms with Crippen LogP contribution in [0.2, 0.25) is 0 Å². The van der Waals surface area contributed by atoms with Gasteiger partial charge in [0.1, 0.15) is 5.75 Å². The number of Topliss-reactive ketones (excluding diaryl/α,β-unsaturated/α-hetero) is 1. The molecule has 2 aromatic carbocycles. The van der Waals surface area contributed by atoms with Gasteiger partial charge < -0.3 is 10.1 Å². The minimum atomic E-state index is -0.207. The highest BCUT2D eigenvalue weighted by molar-refractivity contribution is 7.10. The summed E-state index contributed by atoms with van der Waals surface area (Å²) >= 11 is 1.60. The molecule has 0 aliphatic heterocycles. The van der Waals surface area contributed by atoms with Crippen LogP contribution in [0.3, 0.4) is 0 Å². The average molecular weight is 379 g/mol. The molecule has 0 spiro atoms. The van der Waals surface area contributed by atoms with Crippen LogP contribution in [0.5, 0.6) is 5.75 Å². The molecule has 3 aromatic rings. The Morgan fingerprint density at radius 1 is 1.04 bits per heavy atom. The Morgan fingerprint density at radius 3 is 2.33 bits per heavy atom. The number of hydrogen-bond acceptors (Lipinski definition) is 4. The second-order valence-corrected chi connectivity index (χ2v) is 7.28. The number of carbonyl (C=O) groups excluding carboxylic acids is 2. The van der Waals surface area contributed by atoms with Crippen molar-refractivity contribution >= 4 is 23.0 Å². The van der Waals surface area contributed by atoms with Crippen molar-refractivity contribution in [3.8, 4) is 5.75 Å². The predicted octanol–water partition coefficient (Wildman–Crippen LogP) is 4.54. The SMILES string of the molecule is CC(=O)c1ccc(OCC(=O)N[C@@H](c2ccc(C)cc2)c2cccs2)cc1. The number of ether oxygens (including phenoxy) is 1. The van der Waals surface area contributed by atoms with Crippen LogP contribution in [0.25, 0.3) is 0 Å². The number of ketones is 1. The number of hydrogen-bond donors (Lipinski definition) is 1. The Hall–Kier alpha value is -2.92. The number of rotatable bonds is 7. The van der Waals surface area contributed by atoms with Crippen LogP contribution < -0.4 is 10.1 Å². The summed E-state index contributed by atoms with van der Waals surface area (Å²) in [7, 11) is 0. The van der Waals surface area contributed by atoms with E-state index in [-0.39, 0.29) is 24.3 Å². The van der Waals surface area contributed by atoms with Crippen molar-refractivity contribution < 1.29 is 14.3 Å². The van der Waals surface area contributed by atoms with Gasteiger partial charge in [-0.3, -0.25) is 9.59 Å². The van der Waals surface area contributed by atoms with Gasteiger partial charge in [-0.25, -0.2) is 0 Å². The molecule has 0 radical (unpaired) electrons. The van der Waals surface area contributed by atoms with Crippen molar-refractivity contribution in [1.29, 1.82) is 0 Å². The Bertz CT molecular complexity index is 900. The zero-order valence-corrected chi connectivity index (χ0v) is 16.1. The van der Waals surface area contributed by atoms with E-state index in [1.165, 1.54) is 12.5 Å². The van der Waals surface area contributed by atoms with E-state index in [4.69, 9.17) is 4.74 Å². The molecule has 1 heterocycles. The van der Waals surface area contributed by atoms with Crippen LogP contribution in [0, 0.1) is 6.92 Å². The largest absolute Gasteiger partial charge is 0.484 e. The molecule has 1 aromatic heterocycles. The van der Waals surface area contributed by atoms with Crippen molar-refractivity contribution in [3.63, 3.8) is 0 Å². The van der Waals surface area contributed by atoms with Gasteiger partial charge in [0.25, 0.3) is 5.91 Å². The summed E-state index contributed by atoms with van der Waals surface area (Å²) in [6.45, 7) is 3.46. The summed E-state index contributed by atoms with van der Waals surface area (Å²) in [4.78, 5) is 24.8. The number of carbonyl (C=O) groups is 2. The highest BCUT2D eigenvalue weighted by Gasteiger charge is 2.18. The standard InChI is InChI=1S/C22H21NO3S/c1-15-5-7-18(8-6-15)22(20-4-3-13-27-20)23-21(25)14-26-19-11-9-17(10-12-19)16(2)24/h3-13,22H,14H2,1-2H3,(H,23,25)/t22-/m0/s1. The third-order valence-electron chi connectivity index (χ3n) is 4.17. The van der Waals surface area contributed by atoms with Gasteiger partial charge in [-0.1, -0.05) is 35.9 Å². The molecule has 0 saturated heterocycles. The Kier molecular flexibility index (Phi) is 6.04. The van der Waals surface area contributed by atoms with E-state index >= 15 is 0 Å². The zero-order valence-electron chi connectivity index (χ0n) is 15.3. The molecule has 0 aliphatic carbocycles. The second-order valence-electron chi connectivity index (χ2n) is 6.30. The molecule has 1 N–H and O–H groups in total. The lowest BCUT2D eigenvalue weighted by Gasteiger charge is -2.18. The highest BCUT2D eigenvalue weighted by Crippen LogP contribution is 2.26. The third kappa shape index (κ3) is 5.05. The summed E-state index contributed by atoms with van der Waals surface area (Å²) in [6.07, 6.45) is 0. The van der Waals surface area contributed by atoms with Crippen LogP contribution in [-0.2, 0) is 4.79 Å². The Morgan fingerprint density at radius 2 is 1.74 bits per heavy atom. The van der Waals surface area contributed by atoms with Gasteiger partial charge in [-0.05, 0) is 55.1 Å². The predicted molar refractivity (Wildman–Crippen MR) is 107 cm³/mol. The minimum Gasteiger partial charge on any atom is -0.484 e. The van der Waals surface area contributed by atoms with E-state index in [2.05, 4.69) is 5.32 Å². The molecule has 0 bridgehead atoms. The van der Waals surface area contributed by atoms with E-state index in [0.717, 1.165) is 10.4 Å². The summed E-state index contributed by atoms with van der Waals surface area (Å²) in [5, 5.41) is 5.04. The maximum absolute atomic E-state index is 12.5. The van der Waals surface area contributed by atoms with Gasteiger partial charge in [0, 0.05) is 10.4 Å². The van der Waals surface area contributed by atoms with Crippen molar-refractivity contribution in [2.24, 2.45) is 0 Å². The first kappa shape index (κ1) is 18.9. The van der Waals surface area contributed by atoms with Gasteiger partial charge in [0.2, 0.25) is 0 Å². The molecule has 0 saturated carbocycles. The Labute approximate surface area is 162 Å². The van der Waals surface area contributed by atoms with E-state index in [9.17, 15) is 9.59 Å². The van der Waals surface area contributed by atoms with E-state index in [1.807, 2.05) is 48.7 Å². The summed E-state index contributed by atoms with van der Waals surface area (Å²) in [5.41, 5.74) is 2.82. The quantitative estimate of drug-likeness (QED) is 0.613. The topological polar surface area (TPSA) is 55.4 Å². The number of amides is 1. The van der Waals surface area contributed by atoms with Crippen LogP contribution >= 0.6 is 11.3 Å². The van der Waals surface area contributed by atoms with Crippen molar-refractivity contribution in [2.45, 2.75) is 19.9 Å². The maximum Gasteiger partial charge on any atom is 0.258 e. The minimum absolute atomic E-state index is 0.00354. The summed E-state index contributed by atoms with van der Waals surface area (Å²) < 4.78 is 5.56. The molecule has 3 rings (SSSR count). The first-order valence-electron chi connectivity index (χ1n) is 8.66. The summed E-state index contributed by atoms with van der Waals surface area (Å²) in [5.74, 6) is 0.346. The monoisotopic (exact) mass is 379 g/mol. The van der Waals surface area contributed by atoms with Gasteiger partial charge in [-0.15, -0.1) is 11.3 Å². The fraction of sp³-hybridized carbons (Fsp3) is 0.182. The lowest BCUT2D eigenvalue weighted by molar-refractivity contribution is -0.123. The number of nitrogens with one attached hydrogen (secondary N) is 1. The average Bonchev–Trinajstić information content (AvgIpc) is 3.20. The first-order chi connectivity index (χ1) is 13.0. The molecule has 1 amide bonds. The molecule has 1 atom stereocenters. The van der Waals surface area contributed by atoms with Gasteiger partial charge in [0.05, 0.1) is 6.04 Å². The van der Waals surface area contributed by atoms with Crippen molar-refractivity contribution in [1.82, 2.24) is 5.32 Å². The van der Waals surface area contributed by atoms with Crippen molar-refractivity contribution in [3.05, 3.63) is 87.6 Å². The van der Waals surface area contributed by atoms with E-state index < -0.39 is 0 Å². The number of aryl methyl sites for hydroxylation is 1. The fourth-order valence-corrected chi connectivity index (χ4v) is 3.47. The smallest absolute Gasteiger partial charge is 0.258 e. The lowest BCUT2D eigenvalue weighted by Crippen LogP contribution is -2.32. The molecule has 138 valence electrons. The van der Waals surface area contributed by atoms with Crippen LogP contribution in [0.15, 0.2) is 66.0 Å². The van der Waals surface area contributed by atoms with Crippen LogP contribution in [-0.4, -0.2) is 18.3 Å². The first-order valence-corrected chi connectivity index (χ1v) is 9.54. The third-order valence-corrected chi connectivity index (χ3v) is 5.11. The molecule has 5 heteroatoms. The fourth-order valence-electron chi connectivity index (χ4n) is 2.67. The van der Waals surface area contributed by atoms with Gasteiger partial charge in [-0.2, -0.15) is 0 Å². The van der Waals surface area contributed by atoms with E-state index in [1.54, 1.807) is 35.6 Å². The maximum atomic E-state index is 12.5. The molecular formula is C22H21NO3S. The Balaban J connectivity index is 1.66. The lowest BCUT2D eigenvalue weighted by atomic mass is 10.0. The molecular weight excluding hydrogens is 358 g/mol. The molecule has 4 nitrogen and oxygen atoms in total. The van der Waals surface area contributed by atoms with E-state index in [0.29, 0.717) is 11.3 Å². The molecule has 0 aliphatic rings. The summed E-state index contributed by atoms with van der Waals surface area (Å²) in [6, 6.07) is 18.7. The second kappa shape index (κ2) is 8.64. The van der Waals surface area contributed by atoms with Crippen LogP contribution in [0.4, 0.5) is 0 Å². The zero-order chi connectivity index (χ0) is 19.2. The molecule has 0 unspecified atom stereocenters. The number of benzene rings is 2. The normalized spacial score (nSPS) is 11.6. The highest BCUT2D eigenvalue weighted by atomic mass is 32.1. The number of thiophene rings is 1. The van der Waals surface area contributed by atoms with Gasteiger partial charge in [0.15, 0.2) is 12.4 Å². The molecule has 0 fully saturated rings. The molecule has 27 heavy (non-hydrogen) atoms. The van der Waals surface area contributed by atoms with Crippen molar-refractivity contribution in [2.75, 3.05) is 6.61 Å². The van der Waals surface area contributed by atoms with Gasteiger partial charge >= 0.3 is 0 Å². The van der Waals surface area contributed by atoms with Crippen LogP contribution in [0.1, 0.15) is 39.3 Å².